The van der Waals surface area contributed by atoms with E-state index < -0.39 is 0 Å². The molecule has 0 amide bonds. The molecule has 0 fully saturated rings. The van der Waals surface area contributed by atoms with Crippen molar-refractivity contribution in [2.75, 3.05) is 7.11 Å². The molecular weight excluding hydrogens is 226 g/mol. The summed E-state index contributed by atoms with van der Waals surface area (Å²) < 4.78 is 7.22. The van der Waals surface area contributed by atoms with Gasteiger partial charge < -0.3 is 4.74 Å². The van der Waals surface area contributed by atoms with Gasteiger partial charge in [-0.25, -0.2) is 9.97 Å². The summed E-state index contributed by atoms with van der Waals surface area (Å²) in [6.07, 6.45) is 3.17. The number of H-pyrrole nitrogens is 1. The molecule has 2 aromatic heterocycles. The molecule has 7 heteroatoms. The molecule has 2 heterocycles. The molecule has 2 rings (SSSR count). The van der Waals surface area contributed by atoms with Gasteiger partial charge in [0.2, 0.25) is 4.77 Å². The lowest BCUT2D eigenvalue weighted by atomic mass is 10.5. The first-order valence-corrected chi connectivity index (χ1v) is 5.18. The van der Waals surface area contributed by atoms with E-state index in [9.17, 15) is 0 Å². The minimum atomic E-state index is 0.497. The van der Waals surface area contributed by atoms with Crippen LogP contribution in [-0.2, 0) is 6.54 Å². The molecule has 0 aromatic carbocycles. The molecule has 6 nitrogen and oxygen atoms in total. The Hall–Kier alpha value is -1.76. The van der Waals surface area contributed by atoms with Crippen molar-refractivity contribution in [3.63, 3.8) is 0 Å². The zero-order chi connectivity index (χ0) is 11.5. The van der Waals surface area contributed by atoms with E-state index in [1.807, 2.05) is 6.92 Å². The van der Waals surface area contributed by atoms with E-state index in [-0.39, 0.29) is 0 Å². The van der Waals surface area contributed by atoms with Gasteiger partial charge in [-0.05, 0) is 19.1 Å². The molecule has 84 valence electrons. The zero-order valence-corrected chi connectivity index (χ0v) is 9.78. The highest BCUT2D eigenvalue weighted by Crippen LogP contribution is 2.12. The van der Waals surface area contributed by atoms with Gasteiger partial charge in [-0.3, -0.25) is 9.78 Å². The fraction of sp³-hybridized carbons (Fsp3) is 0.333. The Bertz CT molecular complexity index is 530. The van der Waals surface area contributed by atoms with Crippen molar-refractivity contribution in [2.24, 2.45) is 0 Å². The molecule has 0 radical (unpaired) electrons. The molecule has 0 saturated heterocycles. The Kier molecular flexibility index (Phi) is 2.95. The van der Waals surface area contributed by atoms with Crippen molar-refractivity contribution in [1.82, 2.24) is 24.7 Å². The molecule has 0 bridgehead atoms. The minimum absolute atomic E-state index is 0.497. The summed E-state index contributed by atoms with van der Waals surface area (Å²) in [6, 6.07) is 0. The van der Waals surface area contributed by atoms with Crippen LogP contribution in [0.15, 0.2) is 12.4 Å². The molecule has 0 spiro atoms. The number of nitrogens with zero attached hydrogens (tertiary/aromatic N) is 4. The predicted octanol–water partition coefficient (Wildman–Crippen LogP) is 1.43. The van der Waals surface area contributed by atoms with Crippen molar-refractivity contribution in [2.45, 2.75) is 13.5 Å². The lowest BCUT2D eigenvalue weighted by molar-refractivity contribution is 0.411. The first-order valence-electron chi connectivity index (χ1n) is 4.78. The smallest absolute Gasteiger partial charge is 0.216 e. The van der Waals surface area contributed by atoms with Gasteiger partial charge in [0.1, 0.15) is 0 Å². The Balaban J connectivity index is 2.38. The normalized spacial score (nSPS) is 10.4. The van der Waals surface area contributed by atoms with Crippen molar-refractivity contribution in [1.29, 1.82) is 0 Å². The predicted molar refractivity (Wildman–Crippen MR) is 60.7 cm³/mol. The van der Waals surface area contributed by atoms with Crippen molar-refractivity contribution < 1.29 is 4.74 Å². The Morgan fingerprint density at radius 1 is 1.44 bits per heavy atom. The van der Waals surface area contributed by atoms with Crippen LogP contribution in [0.2, 0.25) is 0 Å². The summed E-state index contributed by atoms with van der Waals surface area (Å²) in [7, 11) is 1.57. The lowest BCUT2D eigenvalue weighted by Gasteiger charge is -1.98. The number of nitrogens with one attached hydrogen (secondary N) is 1. The quantitative estimate of drug-likeness (QED) is 0.818. The summed E-state index contributed by atoms with van der Waals surface area (Å²) in [5, 5.41) is 3.02. The maximum Gasteiger partial charge on any atom is 0.216 e. The van der Waals surface area contributed by atoms with E-state index >= 15 is 0 Å². The number of rotatable bonds is 3. The van der Waals surface area contributed by atoms with E-state index in [1.54, 1.807) is 24.2 Å². The fourth-order valence-electron chi connectivity index (χ4n) is 1.21. The molecule has 0 saturated carbocycles. The third-order valence-corrected chi connectivity index (χ3v) is 2.38. The molecule has 0 aliphatic carbocycles. The fourth-order valence-corrected chi connectivity index (χ4v) is 1.48. The second-order valence-corrected chi connectivity index (χ2v) is 3.41. The summed E-state index contributed by atoms with van der Waals surface area (Å²) in [5.74, 6) is 1.67. The number of methoxy groups -OCH3 is 1. The van der Waals surface area contributed by atoms with Gasteiger partial charge in [0.15, 0.2) is 17.4 Å². The lowest BCUT2D eigenvalue weighted by Crippen LogP contribution is -1.97. The third-order valence-electron chi connectivity index (χ3n) is 2.07. The van der Waals surface area contributed by atoms with Crippen LogP contribution in [-0.4, -0.2) is 31.8 Å². The van der Waals surface area contributed by atoms with Crippen LogP contribution in [0.1, 0.15) is 6.92 Å². The van der Waals surface area contributed by atoms with Gasteiger partial charge >= 0.3 is 0 Å². The highest BCUT2D eigenvalue weighted by molar-refractivity contribution is 7.71. The van der Waals surface area contributed by atoms with E-state index in [2.05, 4.69) is 20.1 Å². The average molecular weight is 237 g/mol. The third kappa shape index (κ3) is 1.94. The van der Waals surface area contributed by atoms with Gasteiger partial charge in [0, 0.05) is 6.54 Å². The number of aryl methyl sites for hydroxylation is 1. The van der Waals surface area contributed by atoms with Gasteiger partial charge in [0.25, 0.3) is 0 Å². The van der Waals surface area contributed by atoms with Crippen LogP contribution in [0.4, 0.5) is 0 Å². The summed E-state index contributed by atoms with van der Waals surface area (Å²) in [5.41, 5.74) is 0. The minimum Gasteiger partial charge on any atom is -0.494 e. The average Bonchev–Trinajstić information content (AvgIpc) is 2.71. The molecule has 16 heavy (non-hydrogen) atoms. The molecule has 0 unspecified atom stereocenters. The molecule has 2 aromatic rings. The Morgan fingerprint density at radius 2 is 2.12 bits per heavy atom. The molecule has 1 N–H and O–H groups in total. The van der Waals surface area contributed by atoms with Crippen LogP contribution in [0.5, 0.6) is 5.75 Å². The molecule has 0 aliphatic heterocycles. The van der Waals surface area contributed by atoms with Crippen LogP contribution < -0.4 is 4.74 Å². The van der Waals surface area contributed by atoms with Gasteiger partial charge in [-0.1, -0.05) is 0 Å². The number of hydrogen-bond donors (Lipinski definition) is 1. The van der Waals surface area contributed by atoms with Gasteiger partial charge in [-0.15, -0.1) is 0 Å². The molecule has 0 atom stereocenters. The topological polar surface area (TPSA) is 68.6 Å². The SMILES string of the molecule is CCn1[nH]c(-c2ncc(OC)cn2)nc1=S. The van der Waals surface area contributed by atoms with Gasteiger partial charge in [-0.2, -0.15) is 4.98 Å². The second-order valence-electron chi connectivity index (χ2n) is 3.05. The van der Waals surface area contributed by atoms with Gasteiger partial charge in [0.05, 0.1) is 19.5 Å². The number of aromatic amines is 1. The summed E-state index contributed by atoms with van der Waals surface area (Å²) >= 11 is 5.06. The maximum absolute atomic E-state index is 5.06. The highest BCUT2D eigenvalue weighted by Gasteiger charge is 2.06. The van der Waals surface area contributed by atoms with E-state index in [4.69, 9.17) is 17.0 Å². The van der Waals surface area contributed by atoms with Crippen molar-refractivity contribution in [3.05, 3.63) is 17.2 Å². The number of hydrogen-bond acceptors (Lipinski definition) is 5. The van der Waals surface area contributed by atoms with E-state index in [0.717, 1.165) is 6.54 Å². The monoisotopic (exact) mass is 237 g/mol. The largest absolute Gasteiger partial charge is 0.494 e. The zero-order valence-electron chi connectivity index (χ0n) is 8.97. The van der Waals surface area contributed by atoms with E-state index in [1.165, 1.54) is 0 Å². The van der Waals surface area contributed by atoms with Crippen molar-refractivity contribution >= 4 is 12.2 Å². The number of aromatic nitrogens is 5. The van der Waals surface area contributed by atoms with E-state index in [0.29, 0.717) is 22.2 Å². The Morgan fingerprint density at radius 3 is 2.62 bits per heavy atom. The van der Waals surface area contributed by atoms with Crippen molar-refractivity contribution in [3.8, 4) is 17.4 Å². The van der Waals surface area contributed by atoms with Crippen LogP contribution in [0.3, 0.4) is 0 Å². The highest BCUT2D eigenvalue weighted by atomic mass is 32.1. The second kappa shape index (κ2) is 4.40. The number of ether oxygens (including phenoxy) is 1. The first-order chi connectivity index (χ1) is 7.74. The Labute approximate surface area is 97.3 Å². The van der Waals surface area contributed by atoms with Crippen LogP contribution in [0, 0.1) is 4.77 Å². The molecular formula is C9H11N5OS. The molecule has 0 aliphatic rings. The summed E-state index contributed by atoms with van der Waals surface area (Å²) in [4.78, 5) is 12.4. The first kappa shape index (κ1) is 10.7. The summed E-state index contributed by atoms with van der Waals surface area (Å²) in [6.45, 7) is 2.72. The van der Waals surface area contributed by atoms with Crippen LogP contribution in [0.25, 0.3) is 11.6 Å². The standard InChI is InChI=1S/C9H11N5OS/c1-3-14-9(16)12-8(13-14)7-10-4-6(15-2)5-11-7/h4-5H,3H2,1-2H3,(H,12,13,16). The van der Waals surface area contributed by atoms with Crippen LogP contribution >= 0.6 is 12.2 Å². The maximum atomic E-state index is 5.06.